The second-order valence-corrected chi connectivity index (χ2v) is 4.87. The van der Waals surface area contributed by atoms with Gasteiger partial charge in [0.25, 0.3) is 0 Å². The number of hydrogen-bond acceptors (Lipinski definition) is 2. The van der Waals surface area contributed by atoms with Crippen molar-refractivity contribution in [1.82, 2.24) is 0 Å². The van der Waals surface area contributed by atoms with E-state index in [1.807, 2.05) is 12.1 Å². The molecule has 1 unspecified atom stereocenters. The molecule has 0 amide bonds. The van der Waals surface area contributed by atoms with Crippen molar-refractivity contribution in [3.8, 4) is 0 Å². The Kier molecular flexibility index (Phi) is 5.00. The number of hydrogen-bond donors (Lipinski definition) is 1. The van der Waals surface area contributed by atoms with Crippen LogP contribution in [0.4, 0.5) is 5.69 Å². The summed E-state index contributed by atoms with van der Waals surface area (Å²) in [5.74, 6) is -0.907. The molecule has 17 heavy (non-hydrogen) atoms. The number of rotatable bonds is 5. The lowest BCUT2D eigenvalue weighted by Gasteiger charge is -2.29. The first kappa shape index (κ1) is 14.0. The van der Waals surface area contributed by atoms with Crippen molar-refractivity contribution in [2.75, 3.05) is 11.4 Å². The summed E-state index contributed by atoms with van der Waals surface area (Å²) in [7, 11) is 0. The summed E-state index contributed by atoms with van der Waals surface area (Å²) in [5, 5.41) is 8.96. The molecule has 1 aromatic rings. The Hall–Kier alpha value is -1.03. The third-order valence-corrected chi connectivity index (χ3v) is 3.63. The van der Waals surface area contributed by atoms with Gasteiger partial charge in [-0.25, -0.2) is 4.79 Å². The zero-order chi connectivity index (χ0) is 13.0. The van der Waals surface area contributed by atoms with Crippen LogP contribution in [-0.4, -0.2) is 23.7 Å². The molecule has 0 aliphatic rings. The van der Waals surface area contributed by atoms with E-state index in [-0.39, 0.29) is 0 Å². The van der Waals surface area contributed by atoms with Crippen molar-refractivity contribution in [2.24, 2.45) is 0 Å². The fourth-order valence-corrected chi connectivity index (χ4v) is 2.36. The summed E-state index contributed by atoms with van der Waals surface area (Å²) in [6.07, 6.45) is 1.06. The van der Waals surface area contributed by atoms with Gasteiger partial charge in [0.1, 0.15) is 0 Å². The molecular weight excluding hydrogens is 282 g/mol. The summed E-state index contributed by atoms with van der Waals surface area (Å²) in [6.45, 7) is 7.33. The molecule has 3 nitrogen and oxygen atoms in total. The van der Waals surface area contributed by atoms with E-state index in [2.05, 4.69) is 41.6 Å². The lowest BCUT2D eigenvalue weighted by molar-refractivity contribution is 0.0696. The van der Waals surface area contributed by atoms with Crippen LogP contribution in [0.2, 0.25) is 0 Å². The first-order chi connectivity index (χ1) is 8.01. The molecule has 0 radical (unpaired) electrons. The van der Waals surface area contributed by atoms with Crippen molar-refractivity contribution in [1.29, 1.82) is 0 Å². The van der Waals surface area contributed by atoms with Crippen LogP contribution in [0.15, 0.2) is 22.7 Å². The summed E-state index contributed by atoms with van der Waals surface area (Å²) in [5.41, 5.74) is 1.35. The molecule has 4 heteroatoms. The molecule has 1 aromatic carbocycles. The van der Waals surface area contributed by atoms with E-state index in [0.29, 0.717) is 16.1 Å². The first-order valence-corrected chi connectivity index (χ1v) is 6.60. The van der Waals surface area contributed by atoms with Crippen LogP contribution in [0.1, 0.15) is 37.6 Å². The summed E-state index contributed by atoms with van der Waals surface area (Å²) < 4.78 is 0.629. The van der Waals surface area contributed by atoms with Crippen molar-refractivity contribution in [3.05, 3.63) is 28.2 Å². The average Bonchev–Trinajstić information content (AvgIpc) is 2.29. The summed E-state index contributed by atoms with van der Waals surface area (Å²) in [4.78, 5) is 13.2. The van der Waals surface area contributed by atoms with E-state index < -0.39 is 5.97 Å². The normalized spacial score (nSPS) is 12.2. The molecule has 0 aliphatic carbocycles. The molecule has 0 aliphatic heterocycles. The highest BCUT2D eigenvalue weighted by atomic mass is 79.9. The van der Waals surface area contributed by atoms with Gasteiger partial charge < -0.3 is 10.0 Å². The van der Waals surface area contributed by atoms with Crippen LogP contribution in [0, 0.1) is 0 Å². The summed E-state index contributed by atoms with van der Waals surface area (Å²) in [6, 6.07) is 5.83. The number of anilines is 1. The lowest BCUT2D eigenvalue weighted by atomic mass is 10.1. The highest BCUT2D eigenvalue weighted by molar-refractivity contribution is 9.10. The molecule has 0 saturated carbocycles. The van der Waals surface area contributed by atoms with Crippen molar-refractivity contribution < 1.29 is 9.90 Å². The standard InChI is InChI=1S/C13H18BrNO2/c1-4-9(3)15(5-2)10-6-7-11(13(16)17)12(14)8-10/h6-9H,4-5H2,1-3H3,(H,16,17). The second kappa shape index (κ2) is 6.05. The van der Waals surface area contributed by atoms with Crippen LogP contribution in [0.5, 0.6) is 0 Å². The average molecular weight is 300 g/mol. The van der Waals surface area contributed by atoms with Crippen LogP contribution in [0.3, 0.4) is 0 Å². The molecule has 1 N–H and O–H groups in total. The zero-order valence-corrected chi connectivity index (χ0v) is 12.0. The smallest absolute Gasteiger partial charge is 0.336 e. The van der Waals surface area contributed by atoms with Gasteiger partial charge in [-0.1, -0.05) is 6.92 Å². The third-order valence-electron chi connectivity index (χ3n) is 2.98. The van der Waals surface area contributed by atoms with Gasteiger partial charge in [0.2, 0.25) is 0 Å². The van der Waals surface area contributed by atoms with Crippen LogP contribution >= 0.6 is 15.9 Å². The Morgan fingerprint density at radius 3 is 2.53 bits per heavy atom. The van der Waals surface area contributed by atoms with Gasteiger partial charge in [-0.15, -0.1) is 0 Å². The number of halogens is 1. The maximum absolute atomic E-state index is 10.9. The number of aromatic carboxylic acids is 1. The lowest BCUT2D eigenvalue weighted by Crippen LogP contribution is -2.32. The maximum atomic E-state index is 10.9. The largest absolute Gasteiger partial charge is 0.478 e. The van der Waals surface area contributed by atoms with E-state index in [4.69, 9.17) is 5.11 Å². The van der Waals surface area contributed by atoms with Crippen molar-refractivity contribution in [2.45, 2.75) is 33.2 Å². The quantitative estimate of drug-likeness (QED) is 0.900. The summed E-state index contributed by atoms with van der Waals surface area (Å²) >= 11 is 3.31. The highest BCUT2D eigenvalue weighted by Gasteiger charge is 2.14. The first-order valence-electron chi connectivity index (χ1n) is 5.80. The Labute approximate surface area is 111 Å². The topological polar surface area (TPSA) is 40.5 Å². The predicted molar refractivity (Wildman–Crippen MR) is 73.9 cm³/mol. The van der Waals surface area contributed by atoms with Gasteiger partial charge in [-0.3, -0.25) is 0 Å². The molecule has 1 atom stereocenters. The van der Waals surface area contributed by atoms with Crippen molar-refractivity contribution in [3.63, 3.8) is 0 Å². The van der Waals surface area contributed by atoms with Gasteiger partial charge >= 0.3 is 5.97 Å². The van der Waals surface area contributed by atoms with Crippen molar-refractivity contribution >= 4 is 27.6 Å². The zero-order valence-electron chi connectivity index (χ0n) is 10.4. The molecule has 0 aromatic heterocycles. The molecule has 94 valence electrons. The number of carboxylic acid groups (broad SMARTS) is 1. The Morgan fingerprint density at radius 1 is 1.47 bits per heavy atom. The van der Waals surface area contributed by atoms with Crippen LogP contribution in [0.25, 0.3) is 0 Å². The third kappa shape index (κ3) is 3.22. The van der Waals surface area contributed by atoms with Gasteiger partial charge in [0, 0.05) is 22.7 Å². The minimum Gasteiger partial charge on any atom is -0.478 e. The fourth-order valence-electron chi connectivity index (χ4n) is 1.83. The minimum atomic E-state index is -0.907. The number of carboxylic acids is 1. The molecule has 0 spiro atoms. The monoisotopic (exact) mass is 299 g/mol. The molecule has 0 fully saturated rings. The predicted octanol–water partition coefficient (Wildman–Crippen LogP) is 3.77. The van der Waals surface area contributed by atoms with E-state index in [0.717, 1.165) is 18.7 Å². The van der Waals surface area contributed by atoms with E-state index in [1.54, 1.807) is 6.07 Å². The van der Waals surface area contributed by atoms with Gasteiger partial charge in [0.15, 0.2) is 0 Å². The molecule has 1 rings (SSSR count). The molecular formula is C13H18BrNO2. The highest BCUT2D eigenvalue weighted by Crippen LogP contribution is 2.26. The minimum absolute atomic E-state index is 0.300. The number of nitrogens with zero attached hydrogens (tertiary/aromatic N) is 1. The Morgan fingerprint density at radius 2 is 2.12 bits per heavy atom. The Balaban J connectivity index is 3.07. The molecule has 0 heterocycles. The number of benzene rings is 1. The van der Waals surface area contributed by atoms with Crippen LogP contribution in [-0.2, 0) is 0 Å². The SMILES string of the molecule is CCC(C)N(CC)c1ccc(C(=O)O)c(Br)c1. The van der Waals surface area contributed by atoms with E-state index >= 15 is 0 Å². The van der Waals surface area contributed by atoms with Crippen LogP contribution < -0.4 is 4.90 Å². The van der Waals surface area contributed by atoms with Gasteiger partial charge in [-0.05, 0) is 54.4 Å². The van der Waals surface area contributed by atoms with Gasteiger partial charge in [0.05, 0.1) is 5.56 Å². The molecule has 0 saturated heterocycles. The van der Waals surface area contributed by atoms with E-state index in [9.17, 15) is 4.79 Å². The number of carbonyl (C=O) groups is 1. The fraction of sp³-hybridized carbons (Fsp3) is 0.462. The van der Waals surface area contributed by atoms with Gasteiger partial charge in [-0.2, -0.15) is 0 Å². The molecule has 0 bridgehead atoms. The van der Waals surface area contributed by atoms with E-state index in [1.165, 1.54) is 0 Å². The second-order valence-electron chi connectivity index (χ2n) is 4.01. The Bertz CT molecular complexity index is 406. The maximum Gasteiger partial charge on any atom is 0.336 e.